The van der Waals surface area contributed by atoms with E-state index in [-0.39, 0.29) is 0 Å². The Morgan fingerprint density at radius 1 is 0.875 bits per heavy atom. The highest BCUT2D eigenvalue weighted by Gasteiger charge is 2.70. The first-order valence-electron chi connectivity index (χ1n) is 4.49. The van der Waals surface area contributed by atoms with Crippen molar-refractivity contribution in [1.29, 1.82) is 0 Å². The highest BCUT2D eigenvalue weighted by molar-refractivity contribution is 5.07. The molecule has 16 heavy (non-hydrogen) atoms. The van der Waals surface area contributed by atoms with Gasteiger partial charge in [0.1, 0.15) is 11.1 Å². The second-order valence-corrected chi connectivity index (χ2v) is 4.36. The molecular formula is C8H11F6NO. The molecule has 2 nitrogen and oxygen atoms in total. The van der Waals surface area contributed by atoms with Crippen LogP contribution < -0.4 is 0 Å². The number of nitrogens with zero attached hydrogens (tertiary/aromatic N) is 1. The third-order valence-electron chi connectivity index (χ3n) is 3.25. The molecule has 8 heteroatoms. The minimum Gasteiger partial charge on any atom is -0.312 e. The molecule has 1 saturated heterocycles. The second-order valence-electron chi connectivity index (χ2n) is 4.36. The lowest BCUT2D eigenvalue weighted by Gasteiger charge is -2.40. The van der Waals surface area contributed by atoms with Crippen molar-refractivity contribution in [1.82, 2.24) is 5.06 Å². The molecule has 1 N–H and O–H groups in total. The van der Waals surface area contributed by atoms with Crippen LogP contribution in [0, 0.1) is 0 Å². The first kappa shape index (κ1) is 13.6. The van der Waals surface area contributed by atoms with Gasteiger partial charge < -0.3 is 5.21 Å². The maximum absolute atomic E-state index is 12.6. The summed E-state index contributed by atoms with van der Waals surface area (Å²) < 4.78 is 75.3. The molecule has 1 fully saturated rings. The van der Waals surface area contributed by atoms with Crippen LogP contribution in [-0.2, 0) is 0 Å². The summed E-state index contributed by atoms with van der Waals surface area (Å²) in [7, 11) is 0. The zero-order valence-corrected chi connectivity index (χ0v) is 8.58. The van der Waals surface area contributed by atoms with Gasteiger partial charge in [-0.15, -0.1) is 0 Å². The van der Waals surface area contributed by atoms with Gasteiger partial charge in [0.25, 0.3) is 0 Å². The Hall–Kier alpha value is -0.500. The predicted octanol–water partition coefficient (Wildman–Crippen LogP) is 3.11. The molecule has 0 aromatic carbocycles. The van der Waals surface area contributed by atoms with E-state index in [9.17, 15) is 31.5 Å². The maximum Gasteiger partial charge on any atom is 0.408 e. The van der Waals surface area contributed by atoms with E-state index in [1.54, 1.807) is 0 Å². The number of rotatable bonds is 0. The van der Waals surface area contributed by atoms with Crippen molar-refractivity contribution in [2.24, 2.45) is 0 Å². The SMILES string of the molecule is CC1(C(F)(F)F)CCC(C)(C(F)(F)F)N1O. The van der Waals surface area contributed by atoms with E-state index in [4.69, 9.17) is 0 Å². The Bertz CT molecular complexity index is 259. The van der Waals surface area contributed by atoms with Gasteiger partial charge in [-0.1, -0.05) is 0 Å². The van der Waals surface area contributed by atoms with Gasteiger partial charge in [0.05, 0.1) is 0 Å². The molecule has 0 aromatic rings. The summed E-state index contributed by atoms with van der Waals surface area (Å²) in [4.78, 5) is 0. The lowest BCUT2D eigenvalue weighted by molar-refractivity contribution is -0.349. The van der Waals surface area contributed by atoms with Crippen LogP contribution in [0.4, 0.5) is 26.3 Å². The molecule has 1 heterocycles. The number of halogens is 6. The molecule has 0 spiro atoms. The third kappa shape index (κ3) is 1.58. The molecule has 1 aliphatic heterocycles. The Labute approximate surface area is 87.8 Å². The lowest BCUT2D eigenvalue weighted by Crippen LogP contribution is -2.61. The van der Waals surface area contributed by atoms with Crippen molar-refractivity contribution in [3.63, 3.8) is 0 Å². The van der Waals surface area contributed by atoms with E-state index in [2.05, 4.69) is 0 Å². The van der Waals surface area contributed by atoms with Crippen LogP contribution in [0.3, 0.4) is 0 Å². The quantitative estimate of drug-likeness (QED) is 0.668. The topological polar surface area (TPSA) is 23.5 Å². The number of hydrogen-bond donors (Lipinski definition) is 1. The van der Waals surface area contributed by atoms with Gasteiger partial charge >= 0.3 is 12.4 Å². The highest BCUT2D eigenvalue weighted by Crippen LogP contribution is 2.53. The Morgan fingerprint density at radius 3 is 1.25 bits per heavy atom. The molecule has 96 valence electrons. The normalized spacial score (nSPS) is 38.1. The van der Waals surface area contributed by atoms with E-state index in [0.29, 0.717) is 13.8 Å². The summed E-state index contributed by atoms with van der Waals surface area (Å²) in [6, 6.07) is 0. The van der Waals surface area contributed by atoms with E-state index >= 15 is 0 Å². The summed E-state index contributed by atoms with van der Waals surface area (Å²) in [6.45, 7) is 1.12. The lowest BCUT2D eigenvalue weighted by atomic mass is 9.97. The van der Waals surface area contributed by atoms with Crippen molar-refractivity contribution in [3.8, 4) is 0 Å². The summed E-state index contributed by atoms with van der Waals surface area (Å²) in [5.74, 6) is 0. The minimum absolute atomic E-state index is 0.560. The van der Waals surface area contributed by atoms with Gasteiger partial charge in [-0.05, 0) is 26.7 Å². The standard InChI is InChI=1S/C8H11F6NO/c1-5(7(9,10)11)3-4-6(2,15(5)16)8(12,13)14/h16H,3-4H2,1-2H3. The maximum atomic E-state index is 12.6. The predicted molar refractivity (Wildman–Crippen MR) is 41.8 cm³/mol. The van der Waals surface area contributed by atoms with E-state index in [1.165, 1.54) is 0 Å². The first-order valence-corrected chi connectivity index (χ1v) is 4.49. The van der Waals surface area contributed by atoms with Crippen LogP contribution in [-0.4, -0.2) is 33.7 Å². The Balaban J connectivity index is 3.12. The minimum atomic E-state index is -4.91. The van der Waals surface area contributed by atoms with E-state index in [0.717, 1.165) is 0 Å². The average Bonchev–Trinajstić information content (AvgIpc) is 2.30. The Kier molecular flexibility index (Phi) is 2.76. The molecule has 1 aliphatic rings. The average molecular weight is 251 g/mol. The van der Waals surface area contributed by atoms with Crippen molar-refractivity contribution >= 4 is 0 Å². The molecule has 0 aliphatic carbocycles. The smallest absolute Gasteiger partial charge is 0.312 e. The molecule has 0 bridgehead atoms. The third-order valence-corrected chi connectivity index (χ3v) is 3.25. The van der Waals surface area contributed by atoms with Crippen molar-refractivity contribution < 1.29 is 31.5 Å². The second kappa shape index (κ2) is 3.25. The molecule has 2 atom stereocenters. The van der Waals surface area contributed by atoms with Gasteiger partial charge in [-0.25, -0.2) is 0 Å². The molecule has 0 radical (unpaired) electrons. The highest BCUT2D eigenvalue weighted by atomic mass is 19.4. The fourth-order valence-corrected chi connectivity index (χ4v) is 1.77. The van der Waals surface area contributed by atoms with Crippen LogP contribution in [0.15, 0.2) is 0 Å². The summed E-state index contributed by atoms with van der Waals surface area (Å²) >= 11 is 0. The molecule has 0 aromatic heterocycles. The zero-order valence-electron chi connectivity index (χ0n) is 8.58. The number of alkyl halides is 6. The van der Waals surface area contributed by atoms with Crippen molar-refractivity contribution in [2.75, 3.05) is 0 Å². The largest absolute Gasteiger partial charge is 0.408 e. The van der Waals surface area contributed by atoms with Crippen LogP contribution in [0.25, 0.3) is 0 Å². The van der Waals surface area contributed by atoms with Gasteiger partial charge in [-0.3, -0.25) is 0 Å². The van der Waals surface area contributed by atoms with Gasteiger partial charge in [0, 0.05) is 0 Å². The summed E-state index contributed by atoms with van der Waals surface area (Å²) in [5, 5.41) is 8.63. The molecular weight excluding hydrogens is 240 g/mol. The fourth-order valence-electron chi connectivity index (χ4n) is 1.77. The number of hydroxylamine groups is 2. The van der Waals surface area contributed by atoms with Gasteiger partial charge in [-0.2, -0.15) is 31.4 Å². The molecule has 2 unspecified atom stereocenters. The fraction of sp³-hybridized carbons (Fsp3) is 1.00. The molecule has 1 rings (SSSR count). The molecule has 0 saturated carbocycles. The zero-order chi connectivity index (χ0) is 13.0. The van der Waals surface area contributed by atoms with Crippen LogP contribution in [0.1, 0.15) is 26.7 Å². The van der Waals surface area contributed by atoms with Crippen LogP contribution >= 0.6 is 0 Å². The molecule has 0 amide bonds. The summed E-state index contributed by atoms with van der Waals surface area (Å²) in [5.41, 5.74) is -5.70. The van der Waals surface area contributed by atoms with Crippen molar-refractivity contribution in [2.45, 2.75) is 50.1 Å². The van der Waals surface area contributed by atoms with Gasteiger partial charge in [0.2, 0.25) is 0 Å². The summed E-state index contributed by atoms with van der Waals surface area (Å²) in [6.07, 6.45) is -11.4. The van der Waals surface area contributed by atoms with Crippen LogP contribution in [0.2, 0.25) is 0 Å². The van der Waals surface area contributed by atoms with E-state index < -0.39 is 41.3 Å². The van der Waals surface area contributed by atoms with E-state index in [1.807, 2.05) is 0 Å². The van der Waals surface area contributed by atoms with Crippen LogP contribution in [0.5, 0.6) is 0 Å². The van der Waals surface area contributed by atoms with Gasteiger partial charge in [0.15, 0.2) is 0 Å². The first-order chi connectivity index (χ1) is 6.86. The Morgan fingerprint density at radius 2 is 1.12 bits per heavy atom. The number of hydrogen-bond acceptors (Lipinski definition) is 2. The van der Waals surface area contributed by atoms with Crippen molar-refractivity contribution in [3.05, 3.63) is 0 Å². The monoisotopic (exact) mass is 251 g/mol.